The van der Waals surface area contributed by atoms with Crippen LogP contribution in [0, 0.1) is 0 Å². The Labute approximate surface area is 97.4 Å². The topological polar surface area (TPSA) is 104 Å². The van der Waals surface area contributed by atoms with Crippen molar-refractivity contribution < 1.29 is 24.6 Å². The number of hydrogen-bond donors (Lipinski definition) is 3. The highest BCUT2D eigenvalue weighted by Gasteiger charge is 2.20. The molecule has 0 heterocycles. The number of thioether (sulfide) groups is 1. The first kappa shape index (κ1) is 14.8. The van der Waals surface area contributed by atoms with E-state index in [1.54, 1.807) is 6.92 Å². The summed E-state index contributed by atoms with van der Waals surface area (Å²) in [6.07, 6.45) is -0.0307. The van der Waals surface area contributed by atoms with E-state index in [0.29, 0.717) is 0 Å². The Balaban J connectivity index is 4.06. The Morgan fingerprint density at radius 3 is 2.25 bits per heavy atom. The van der Waals surface area contributed by atoms with E-state index in [2.05, 4.69) is 5.32 Å². The minimum atomic E-state index is -1.12. The number of carbonyl (C=O) groups excluding carboxylic acids is 1. The first-order valence-corrected chi connectivity index (χ1v) is 5.71. The summed E-state index contributed by atoms with van der Waals surface area (Å²) < 4.78 is 0. The fourth-order valence-electron chi connectivity index (χ4n) is 0.985. The molecule has 0 saturated carbocycles. The number of carboxylic acid groups (broad SMARTS) is 2. The number of hydrogen-bond acceptors (Lipinski definition) is 4. The van der Waals surface area contributed by atoms with E-state index in [1.165, 1.54) is 18.7 Å². The summed E-state index contributed by atoms with van der Waals surface area (Å²) in [6.45, 7) is 2.94. The van der Waals surface area contributed by atoms with Crippen molar-refractivity contribution in [3.8, 4) is 0 Å². The Kier molecular flexibility index (Phi) is 6.55. The van der Waals surface area contributed by atoms with Gasteiger partial charge in [-0.2, -0.15) is 11.8 Å². The first-order valence-electron chi connectivity index (χ1n) is 4.66. The summed E-state index contributed by atoms with van der Waals surface area (Å²) in [5, 5.41) is 19.4. The molecule has 92 valence electrons. The van der Waals surface area contributed by atoms with E-state index < -0.39 is 23.9 Å². The Morgan fingerprint density at radius 2 is 1.88 bits per heavy atom. The van der Waals surface area contributed by atoms with Crippen molar-refractivity contribution in [2.75, 3.05) is 5.75 Å². The normalized spacial score (nSPS) is 13.9. The van der Waals surface area contributed by atoms with Gasteiger partial charge in [-0.3, -0.25) is 9.59 Å². The third-order valence-electron chi connectivity index (χ3n) is 1.69. The molecule has 0 unspecified atom stereocenters. The van der Waals surface area contributed by atoms with E-state index in [-0.39, 0.29) is 17.4 Å². The van der Waals surface area contributed by atoms with Crippen LogP contribution in [0.2, 0.25) is 0 Å². The van der Waals surface area contributed by atoms with Gasteiger partial charge in [0.05, 0.1) is 6.42 Å². The third kappa shape index (κ3) is 7.10. The lowest BCUT2D eigenvalue weighted by Crippen LogP contribution is -2.41. The van der Waals surface area contributed by atoms with E-state index in [1.807, 2.05) is 0 Å². The van der Waals surface area contributed by atoms with Crippen LogP contribution in [0.15, 0.2) is 0 Å². The van der Waals surface area contributed by atoms with Gasteiger partial charge in [0, 0.05) is 17.9 Å². The van der Waals surface area contributed by atoms with E-state index >= 15 is 0 Å². The zero-order valence-corrected chi connectivity index (χ0v) is 9.91. The van der Waals surface area contributed by atoms with Gasteiger partial charge in [-0.25, -0.2) is 4.79 Å². The van der Waals surface area contributed by atoms with Crippen LogP contribution >= 0.6 is 11.8 Å². The number of amides is 1. The fraction of sp³-hybridized carbons (Fsp3) is 0.667. The molecule has 3 N–H and O–H groups in total. The fourth-order valence-corrected chi connectivity index (χ4v) is 1.99. The van der Waals surface area contributed by atoms with Gasteiger partial charge < -0.3 is 15.5 Å². The van der Waals surface area contributed by atoms with Crippen molar-refractivity contribution in [3.05, 3.63) is 0 Å². The molecule has 0 fully saturated rings. The Hall–Kier alpha value is -1.24. The average Bonchev–Trinajstić information content (AvgIpc) is 2.09. The van der Waals surface area contributed by atoms with Crippen LogP contribution < -0.4 is 5.32 Å². The summed E-state index contributed by atoms with van der Waals surface area (Å²) >= 11 is 1.21. The van der Waals surface area contributed by atoms with Crippen LogP contribution in [0.1, 0.15) is 20.3 Å². The molecule has 1 amide bonds. The van der Waals surface area contributed by atoms with Crippen LogP contribution in [-0.2, 0) is 14.4 Å². The second kappa shape index (κ2) is 7.10. The lowest BCUT2D eigenvalue weighted by Gasteiger charge is -2.15. The highest BCUT2D eigenvalue weighted by Crippen LogP contribution is 2.15. The van der Waals surface area contributed by atoms with Gasteiger partial charge >= 0.3 is 11.9 Å². The second-order valence-corrected chi connectivity index (χ2v) is 4.80. The van der Waals surface area contributed by atoms with Crippen LogP contribution in [0.3, 0.4) is 0 Å². The van der Waals surface area contributed by atoms with Crippen molar-refractivity contribution in [1.29, 1.82) is 0 Å². The molecule has 0 aliphatic rings. The van der Waals surface area contributed by atoms with Gasteiger partial charge in [0.25, 0.3) is 0 Å². The standard InChI is InChI=1S/C9H15NO5S/c1-5(3-8(12)13)16-4-7(9(14)15)10-6(2)11/h5,7H,3-4H2,1-2H3,(H,10,11)(H,12,13)(H,14,15)/t5-,7-/m0/s1. The van der Waals surface area contributed by atoms with Crippen LogP contribution in [-0.4, -0.2) is 45.1 Å². The van der Waals surface area contributed by atoms with E-state index in [9.17, 15) is 14.4 Å². The van der Waals surface area contributed by atoms with Gasteiger partial charge in [-0.15, -0.1) is 0 Å². The highest BCUT2D eigenvalue weighted by molar-refractivity contribution is 7.99. The molecular weight excluding hydrogens is 234 g/mol. The van der Waals surface area contributed by atoms with Gasteiger partial charge in [0.15, 0.2) is 0 Å². The van der Waals surface area contributed by atoms with Crippen molar-refractivity contribution in [3.63, 3.8) is 0 Å². The average molecular weight is 249 g/mol. The predicted octanol–water partition coefficient (Wildman–Crippen LogP) is 0.172. The summed E-state index contributed by atoms with van der Waals surface area (Å²) in [5.41, 5.74) is 0. The van der Waals surface area contributed by atoms with Crippen LogP contribution in [0.5, 0.6) is 0 Å². The van der Waals surface area contributed by atoms with Crippen molar-refractivity contribution in [2.45, 2.75) is 31.6 Å². The molecular formula is C9H15NO5S. The zero-order valence-electron chi connectivity index (χ0n) is 9.10. The van der Waals surface area contributed by atoms with Gasteiger partial charge in [-0.1, -0.05) is 6.92 Å². The Morgan fingerprint density at radius 1 is 1.31 bits per heavy atom. The summed E-state index contributed by atoms with van der Waals surface area (Å²) in [7, 11) is 0. The summed E-state index contributed by atoms with van der Waals surface area (Å²) in [5.74, 6) is -2.31. The summed E-state index contributed by atoms with van der Waals surface area (Å²) in [4.78, 5) is 31.8. The molecule has 2 atom stereocenters. The number of rotatable bonds is 7. The number of aliphatic carboxylic acids is 2. The smallest absolute Gasteiger partial charge is 0.327 e. The van der Waals surface area contributed by atoms with Gasteiger partial charge in [0.1, 0.15) is 6.04 Å². The zero-order chi connectivity index (χ0) is 12.7. The summed E-state index contributed by atoms with van der Waals surface area (Å²) in [6, 6.07) is -0.973. The maximum absolute atomic E-state index is 10.7. The molecule has 0 aromatic carbocycles. The number of carboxylic acids is 2. The van der Waals surface area contributed by atoms with E-state index in [4.69, 9.17) is 10.2 Å². The van der Waals surface area contributed by atoms with E-state index in [0.717, 1.165) is 0 Å². The first-order chi connectivity index (χ1) is 7.32. The largest absolute Gasteiger partial charge is 0.481 e. The van der Waals surface area contributed by atoms with Crippen molar-refractivity contribution in [1.82, 2.24) is 5.32 Å². The lowest BCUT2D eigenvalue weighted by atomic mass is 10.3. The highest BCUT2D eigenvalue weighted by atomic mass is 32.2. The molecule has 7 heteroatoms. The number of carbonyl (C=O) groups is 3. The number of nitrogens with one attached hydrogen (secondary N) is 1. The second-order valence-electron chi connectivity index (χ2n) is 3.33. The minimum Gasteiger partial charge on any atom is -0.481 e. The molecule has 6 nitrogen and oxygen atoms in total. The molecule has 0 aliphatic carbocycles. The van der Waals surface area contributed by atoms with Gasteiger partial charge in [-0.05, 0) is 0 Å². The van der Waals surface area contributed by atoms with Crippen LogP contribution in [0.4, 0.5) is 0 Å². The van der Waals surface area contributed by atoms with Crippen molar-refractivity contribution in [2.24, 2.45) is 0 Å². The lowest BCUT2D eigenvalue weighted by molar-refractivity contribution is -0.140. The molecule has 0 spiro atoms. The molecule has 0 bridgehead atoms. The minimum absolute atomic E-state index is 0.0307. The molecule has 0 aromatic heterocycles. The molecule has 0 radical (unpaired) electrons. The molecule has 0 aromatic rings. The molecule has 0 rings (SSSR count). The monoisotopic (exact) mass is 249 g/mol. The van der Waals surface area contributed by atoms with Crippen LogP contribution in [0.25, 0.3) is 0 Å². The Bertz CT molecular complexity index is 281. The predicted molar refractivity (Wildman–Crippen MR) is 59.4 cm³/mol. The van der Waals surface area contributed by atoms with Gasteiger partial charge in [0.2, 0.25) is 5.91 Å². The molecule has 16 heavy (non-hydrogen) atoms. The van der Waals surface area contributed by atoms with Crippen molar-refractivity contribution >= 4 is 29.6 Å². The quantitative estimate of drug-likeness (QED) is 0.594. The maximum Gasteiger partial charge on any atom is 0.327 e. The molecule has 0 saturated heterocycles. The maximum atomic E-state index is 10.7. The third-order valence-corrected chi connectivity index (χ3v) is 2.95. The molecule has 0 aliphatic heterocycles. The SMILES string of the molecule is CC(=O)N[C@@H](CS[C@@H](C)CC(=O)O)C(=O)O.